The van der Waals surface area contributed by atoms with Crippen molar-refractivity contribution in [3.8, 4) is 5.75 Å². The molecule has 0 amide bonds. The molecular formula is C10H10F3NO. The summed E-state index contributed by atoms with van der Waals surface area (Å²) in [5.41, 5.74) is 1.02. The molecule has 0 aliphatic carbocycles. The molecule has 1 aromatic carbocycles. The van der Waals surface area contributed by atoms with E-state index in [2.05, 4.69) is 9.64 Å². The molecule has 15 heavy (non-hydrogen) atoms. The third-order valence-corrected chi connectivity index (χ3v) is 2.05. The minimum atomic E-state index is -4.28. The molecule has 0 saturated carbocycles. The number of hydrogen-bond acceptors (Lipinski definition) is 2. The van der Waals surface area contributed by atoms with E-state index in [-0.39, 0.29) is 5.75 Å². The van der Waals surface area contributed by atoms with Gasteiger partial charge >= 0.3 is 6.18 Å². The van der Waals surface area contributed by atoms with Crippen LogP contribution in [0.15, 0.2) is 24.3 Å². The van der Waals surface area contributed by atoms with Crippen LogP contribution in [0.4, 0.5) is 18.9 Å². The summed E-state index contributed by atoms with van der Waals surface area (Å²) in [7, 11) is 0. The second kappa shape index (κ2) is 3.64. The fourth-order valence-corrected chi connectivity index (χ4v) is 1.23. The molecule has 1 fully saturated rings. The topological polar surface area (TPSA) is 12.2 Å². The first-order valence-electron chi connectivity index (χ1n) is 4.59. The molecule has 0 aromatic heterocycles. The standard InChI is InChI=1S/C10H10F3NO/c11-10(12,13)7-15-9-3-1-8(2-4-9)14-5-6-14/h1-4H,5-7H2. The summed E-state index contributed by atoms with van der Waals surface area (Å²) in [4.78, 5) is 2.10. The van der Waals surface area contributed by atoms with Crippen molar-refractivity contribution < 1.29 is 17.9 Å². The highest BCUT2D eigenvalue weighted by Crippen LogP contribution is 2.24. The van der Waals surface area contributed by atoms with Gasteiger partial charge in [-0.1, -0.05) is 0 Å². The monoisotopic (exact) mass is 217 g/mol. The van der Waals surface area contributed by atoms with Crippen molar-refractivity contribution in [2.24, 2.45) is 0 Å². The van der Waals surface area contributed by atoms with Crippen molar-refractivity contribution in [2.75, 3.05) is 24.6 Å². The molecule has 0 atom stereocenters. The maximum Gasteiger partial charge on any atom is 0.422 e. The van der Waals surface area contributed by atoms with Gasteiger partial charge in [-0.2, -0.15) is 13.2 Å². The van der Waals surface area contributed by atoms with Crippen molar-refractivity contribution in [3.05, 3.63) is 24.3 Å². The van der Waals surface area contributed by atoms with Gasteiger partial charge in [-0.3, -0.25) is 0 Å². The van der Waals surface area contributed by atoms with E-state index in [9.17, 15) is 13.2 Å². The summed E-state index contributed by atoms with van der Waals surface area (Å²) >= 11 is 0. The number of hydrogen-bond donors (Lipinski definition) is 0. The third-order valence-electron chi connectivity index (χ3n) is 2.05. The molecule has 82 valence electrons. The van der Waals surface area contributed by atoms with Crippen LogP contribution in [0.3, 0.4) is 0 Å². The molecule has 0 bridgehead atoms. The van der Waals surface area contributed by atoms with Gasteiger partial charge in [0.25, 0.3) is 0 Å². The van der Waals surface area contributed by atoms with Gasteiger partial charge in [0, 0.05) is 18.8 Å². The Kier molecular flexibility index (Phi) is 2.46. The van der Waals surface area contributed by atoms with E-state index < -0.39 is 12.8 Å². The first-order chi connectivity index (χ1) is 7.04. The third kappa shape index (κ3) is 3.04. The summed E-state index contributed by atoms with van der Waals surface area (Å²) in [6, 6.07) is 6.64. The van der Waals surface area contributed by atoms with Crippen LogP contribution >= 0.6 is 0 Å². The van der Waals surface area contributed by atoms with Gasteiger partial charge in [-0.25, -0.2) is 0 Å². The lowest BCUT2D eigenvalue weighted by molar-refractivity contribution is -0.153. The van der Waals surface area contributed by atoms with Gasteiger partial charge in [-0.05, 0) is 24.3 Å². The summed E-state index contributed by atoms with van der Waals surface area (Å²) in [6.45, 7) is 0.793. The van der Waals surface area contributed by atoms with Gasteiger partial charge in [0.1, 0.15) is 5.75 Å². The summed E-state index contributed by atoms with van der Waals surface area (Å²) in [5.74, 6) is 0.248. The van der Waals surface area contributed by atoms with Crippen LogP contribution in [0.25, 0.3) is 0 Å². The van der Waals surface area contributed by atoms with Crippen LogP contribution in [-0.2, 0) is 0 Å². The maximum absolute atomic E-state index is 11.8. The molecule has 2 rings (SSSR count). The van der Waals surface area contributed by atoms with Crippen LogP contribution < -0.4 is 9.64 Å². The molecule has 1 saturated heterocycles. The molecule has 1 aliphatic rings. The minimum absolute atomic E-state index is 0.248. The van der Waals surface area contributed by atoms with Gasteiger partial charge in [0.15, 0.2) is 6.61 Å². The molecule has 1 aliphatic heterocycles. The fourth-order valence-electron chi connectivity index (χ4n) is 1.23. The van der Waals surface area contributed by atoms with Gasteiger partial charge in [0.2, 0.25) is 0 Å². The quantitative estimate of drug-likeness (QED) is 0.721. The van der Waals surface area contributed by atoms with E-state index in [1.165, 1.54) is 0 Å². The SMILES string of the molecule is FC(F)(F)COc1ccc(N2CC2)cc1. The number of rotatable bonds is 3. The largest absolute Gasteiger partial charge is 0.484 e. The van der Waals surface area contributed by atoms with E-state index in [0.717, 1.165) is 18.8 Å². The predicted molar refractivity (Wildman–Crippen MR) is 50.2 cm³/mol. The van der Waals surface area contributed by atoms with Gasteiger partial charge in [-0.15, -0.1) is 0 Å². The molecule has 0 unspecified atom stereocenters. The van der Waals surface area contributed by atoms with Crippen molar-refractivity contribution in [1.82, 2.24) is 0 Å². The smallest absolute Gasteiger partial charge is 0.422 e. The first kappa shape index (κ1) is 10.1. The van der Waals surface area contributed by atoms with Crippen LogP contribution in [0.5, 0.6) is 5.75 Å². The highest BCUT2D eigenvalue weighted by Gasteiger charge is 2.28. The van der Waals surface area contributed by atoms with Crippen molar-refractivity contribution in [2.45, 2.75) is 6.18 Å². The van der Waals surface area contributed by atoms with E-state index in [1.807, 2.05) is 0 Å². The molecule has 0 N–H and O–H groups in total. The maximum atomic E-state index is 11.8. The zero-order valence-electron chi connectivity index (χ0n) is 7.92. The van der Waals surface area contributed by atoms with Gasteiger partial charge < -0.3 is 9.64 Å². The molecule has 0 spiro atoms. The highest BCUT2D eigenvalue weighted by atomic mass is 19.4. The molecule has 1 heterocycles. The van der Waals surface area contributed by atoms with E-state index in [4.69, 9.17) is 0 Å². The van der Waals surface area contributed by atoms with Crippen LogP contribution in [0, 0.1) is 0 Å². The van der Waals surface area contributed by atoms with Crippen molar-refractivity contribution in [3.63, 3.8) is 0 Å². The number of alkyl halides is 3. The normalized spacial score (nSPS) is 15.3. The Balaban J connectivity index is 1.92. The Morgan fingerprint density at radius 3 is 2.20 bits per heavy atom. The molecule has 5 heteroatoms. The van der Waals surface area contributed by atoms with E-state index in [0.29, 0.717) is 0 Å². The fraction of sp³-hybridized carbons (Fsp3) is 0.400. The van der Waals surface area contributed by atoms with Crippen molar-refractivity contribution >= 4 is 5.69 Å². The summed E-state index contributed by atoms with van der Waals surface area (Å²) in [6.07, 6.45) is -4.28. The number of halogens is 3. The molecule has 1 aromatic rings. The second-order valence-corrected chi connectivity index (χ2v) is 3.38. The average Bonchev–Trinajstić information content (AvgIpc) is 2.98. The highest BCUT2D eigenvalue weighted by molar-refractivity contribution is 5.53. The lowest BCUT2D eigenvalue weighted by Crippen LogP contribution is -2.19. The Morgan fingerprint density at radius 1 is 1.13 bits per heavy atom. The van der Waals surface area contributed by atoms with Crippen LogP contribution in [-0.4, -0.2) is 25.9 Å². The second-order valence-electron chi connectivity index (χ2n) is 3.38. The van der Waals surface area contributed by atoms with E-state index >= 15 is 0 Å². The average molecular weight is 217 g/mol. The van der Waals surface area contributed by atoms with Crippen LogP contribution in [0.1, 0.15) is 0 Å². The Hall–Kier alpha value is -1.39. The van der Waals surface area contributed by atoms with Crippen LogP contribution in [0.2, 0.25) is 0 Å². The molecule has 2 nitrogen and oxygen atoms in total. The summed E-state index contributed by atoms with van der Waals surface area (Å²) < 4.78 is 40.1. The number of benzene rings is 1. The number of anilines is 1. The number of nitrogens with zero attached hydrogens (tertiary/aromatic N) is 1. The Bertz CT molecular complexity index is 330. The zero-order chi connectivity index (χ0) is 10.9. The first-order valence-corrected chi connectivity index (χ1v) is 4.59. The van der Waals surface area contributed by atoms with E-state index in [1.54, 1.807) is 24.3 Å². The predicted octanol–water partition coefficient (Wildman–Crippen LogP) is 2.45. The molecule has 0 radical (unpaired) electrons. The Labute approximate surface area is 85.3 Å². The van der Waals surface area contributed by atoms with Crippen molar-refractivity contribution in [1.29, 1.82) is 0 Å². The molecular weight excluding hydrogens is 207 g/mol. The lowest BCUT2D eigenvalue weighted by Gasteiger charge is -2.09. The zero-order valence-corrected chi connectivity index (χ0v) is 7.92. The lowest BCUT2D eigenvalue weighted by atomic mass is 10.3. The number of ether oxygens (including phenoxy) is 1. The Morgan fingerprint density at radius 2 is 1.73 bits per heavy atom. The van der Waals surface area contributed by atoms with Gasteiger partial charge in [0.05, 0.1) is 0 Å². The summed E-state index contributed by atoms with van der Waals surface area (Å²) in [5, 5.41) is 0. The minimum Gasteiger partial charge on any atom is -0.484 e.